The largest absolute Gasteiger partial charge is 0.391 e. The summed E-state index contributed by atoms with van der Waals surface area (Å²) in [5.74, 6) is 0. The Labute approximate surface area is 129 Å². The first-order valence-corrected chi connectivity index (χ1v) is 9.03. The molecule has 0 saturated heterocycles. The highest BCUT2D eigenvalue weighted by Crippen LogP contribution is 2.26. The van der Waals surface area contributed by atoms with Crippen molar-refractivity contribution in [2.75, 3.05) is 6.54 Å². The fourth-order valence-corrected chi connectivity index (χ4v) is 4.92. The average molecular weight is 325 g/mol. The summed E-state index contributed by atoms with van der Waals surface area (Å²) in [6, 6.07) is 8.00. The molecule has 1 heterocycles. The van der Waals surface area contributed by atoms with Crippen LogP contribution in [-0.2, 0) is 23.1 Å². The zero-order valence-electron chi connectivity index (χ0n) is 12.1. The lowest BCUT2D eigenvalue weighted by Gasteiger charge is -2.08. The number of nitrogens with one attached hydrogen (secondary N) is 1. The van der Waals surface area contributed by atoms with Gasteiger partial charge in [-0.3, -0.25) is 0 Å². The Morgan fingerprint density at radius 1 is 1.29 bits per heavy atom. The van der Waals surface area contributed by atoms with E-state index in [4.69, 9.17) is 0 Å². The zero-order chi connectivity index (χ0) is 15.5. The summed E-state index contributed by atoms with van der Waals surface area (Å²) in [5.41, 5.74) is 2.93. The molecular formula is C15H19NO3S2. The van der Waals surface area contributed by atoms with Crippen LogP contribution in [0.2, 0.25) is 0 Å². The molecule has 1 aromatic carbocycles. The van der Waals surface area contributed by atoms with Crippen LogP contribution in [0.1, 0.15) is 21.6 Å². The maximum Gasteiger partial charge on any atom is 0.242 e. The second-order valence-corrected chi connectivity index (χ2v) is 7.63. The number of sulfonamides is 1. The van der Waals surface area contributed by atoms with Crippen molar-refractivity contribution in [1.29, 1.82) is 0 Å². The van der Waals surface area contributed by atoms with Crippen molar-refractivity contribution in [3.8, 4) is 0 Å². The van der Waals surface area contributed by atoms with Gasteiger partial charge in [0.1, 0.15) is 4.90 Å². The Hall–Kier alpha value is -1.21. The van der Waals surface area contributed by atoms with Gasteiger partial charge in [0.25, 0.3) is 0 Å². The van der Waals surface area contributed by atoms with Gasteiger partial charge in [0.15, 0.2) is 0 Å². The Morgan fingerprint density at radius 2 is 2.05 bits per heavy atom. The first-order chi connectivity index (χ1) is 9.94. The third-order valence-electron chi connectivity index (χ3n) is 3.19. The normalized spacial score (nSPS) is 11.8. The maximum atomic E-state index is 12.3. The number of hydrogen-bond donors (Lipinski definition) is 2. The second kappa shape index (κ2) is 6.70. The fourth-order valence-electron chi connectivity index (χ4n) is 2.23. The Morgan fingerprint density at radius 3 is 2.71 bits per heavy atom. The molecule has 2 rings (SSSR count). The summed E-state index contributed by atoms with van der Waals surface area (Å²) in [5, 5.41) is 11.0. The molecule has 0 aliphatic heterocycles. The van der Waals surface area contributed by atoms with E-state index in [-0.39, 0.29) is 11.5 Å². The highest BCUT2D eigenvalue weighted by molar-refractivity contribution is 7.89. The van der Waals surface area contributed by atoms with Crippen LogP contribution in [0.15, 0.2) is 34.5 Å². The molecular weight excluding hydrogens is 306 g/mol. The van der Waals surface area contributed by atoms with E-state index in [1.807, 2.05) is 31.2 Å². The SMILES string of the molecule is Cc1cccc(CCNS(=O)(=O)c2c(C)csc2CO)c1. The highest BCUT2D eigenvalue weighted by Gasteiger charge is 2.22. The van der Waals surface area contributed by atoms with Gasteiger partial charge in [0.2, 0.25) is 10.0 Å². The van der Waals surface area contributed by atoms with E-state index in [0.29, 0.717) is 23.4 Å². The van der Waals surface area contributed by atoms with Gasteiger partial charge in [0, 0.05) is 6.54 Å². The topological polar surface area (TPSA) is 66.4 Å². The summed E-state index contributed by atoms with van der Waals surface area (Å²) in [7, 11) is -3.57. The zero-order valence-corrected chi connectivity index (χ0v) is 13.7. The van der Waals surface area contributed by atoms with Crippen LogP contribution < -0.4 is 4.72 Å². The number of hydrogen-bond acceptors (Lipinski definition) is 4. The van der Waals surface area contributed by atoms with Gasteiger partial charge in [-0.05, 0) is 36.8 Å². The molecule has 0 spiro atoms. The van der Waals surface area contributed by atoms with Gasteiger partial charge in [-0.15, -0.1) is 11.3 Å². The first-order valence-electron chi connectivity index (χ1n) is 6.67. The molecule has 0 unspecified atom stereocenters. The highest BCUT2D eigenvalue weighted by atomic mass is 32.2. The number of thiophene rings is 1. The molecule has 4 nitrogen and oxygen atoms in total. The molecule has 114 valence electrons. The van der Waals surface area contributed by atoms with Gasteiger partial charge >= 0.3 is 0 Å². The molecule has 0 radical (unpaired) electrons. The standard InChI is InChI=1S/C15H19NO3S2/c1-11-4-3-5-13(8-11)6-7-16-21(18,19)15-12(2)10-20-14(15)9-17/h3-5,8,10,16-17H,6-7,9H2,1-2H3. The van der Waals surface area contributed by atoms with Crippen molar-refractivity contribution in [2.24, 2.45) is 0 Å². The van der Waals surface area contributed by atoms with Crippen LogP contribution in [0, 0.1) is 13.8 Å². The summed E-state index contributed by atoms with van der Waals surface area (Å²) < 4.78 is 27.3. The summed E-state index contributed by atoms with van der Waals surface area (Å²) in [6.07, 6.45) is 0.637. The molecule has 6 heteroatoms. The van der Waals surface area contributed by atoms with Crippen LogP contribution in [0.4, 0.5) is 0 Å². The minimum absolute atomic E-state index is 0.222. The van der Waals surface area contributed by atoms with Crippen molar-refractivity contribution >= 4 is 21.4 Å². The summed E-state index contributed by atoms with van der Waals surface area (Å²) in [6.45, 7) is 3.83. The van der Waals surface area contributed by atoms with E-state index in [1.165, 1.54) is 11.3 Å². The number of benzene rings is 1. The smallest absolute Gasteiger partial charge is 0.242 e. The van der Waals surface area contributed by atoms with E-state index in [2.05, 4.69) is 4.72 Å². The number of rotatable bonds is 6. The van der Waals surface area contributed by atoms with E-state index in [9.17, 15) is 13.5 Å². The predicted molar refractivity (Wildman–Crippen MR) is 85.1 cm³/mol. The van der Waals surface area contributed by atoms with Crippen LogP contribution in [0.3, 0.4) is 0 Å². The average Bonchev–Trinajstić information content (AvgIpc) is 2.80. The molecule has 1 aromatic heterocycles. The Balaban J connectivity index is 2.06. The van der Waals surface area contributed by atoms with Crippen LogP contribution >= 0.6 is 11.3 Å². The molecule has 0 aliphatic rings. The van der Waals surface area contributed by atoms with E-state index >= 15 is 0 Å². The van der Waals surface area contributed by atoms with E-state index in [1.54, 1.807) is 12.3 Å². The molecule has 0 amide bonds. The van der Waals surface area contributed by atoms with Gasteiger partial charge in [-0.25, -0.2) is 13.1 Å². The second-order valence-electron chi connectivity index (χ2n) is 4.97. The monoisotopic (exact) mass is 325 g/mol. The lowest BCUT2D eigenvalue weighted by atomic mass is 10.1. The Kier molecular flexibility index (Phi) is 5.16. The number of aliphatic hydroxyl groups excluding tert-OH is 1. The number of aryl methyl sites for hydroxylation is 2. The van der Waals surface area contributed by atoms with Gasteiger partial charge in [-0.1, -0.05) is 29.8 Å². The maximum absolute atomic E-state index is 12.3. The third kappa shape index (κ3) is 3.91. The van der Waals surface area contributed by atoms with Crippen LogP contribution in [0.5, 0.6) is 0 Å². The molecule has 0 saturated carbocycles. The lowest BCUT2D eigenvalue weighted by molar-refractivity contribution is 0.282. The molecule has 0 atom stereocenters. The minimum Gasteiger partial charge on any atom is -0.391 e. The minimum atomic E-state index is -3.57. The quantitative estimate of drug-likeness (QED) is 0.857. The molecule has 0 aliphatic carbocycles. The Bertz CT molecular complexity index is 720. The fraction of sp³-hybridized carbons (Fsp3) is 0.333. The third-order valence-corrected chi connectivity index (χ3v) is 6.10. The number of aliphatic hydroxyl groups is 1. The first kappa shape index (κ1) is 16.2. The van der Waals surface area contributed by atoms with Crippen LogP contribution in [-0.4, -0.2) is 20.1 Å². The predicted octanol–water partition coefficient (Wildman–Crippen LogP) is 2.38. The molecule has 0 fully saturated rings. The van der Waals surface area contributed by atoms with E-state index < -0.39 is 10.0 Å². The van der Waals surface area contributed by atoms with Crippen molar-refractivity contribution in [3.05, 3.63) is 51.2 Å². The van der Waals surface area contributed by atoms with E-state index in [0.717, 1.165) is 11.1 Å². The summed E-state index contributed by atoms with van der Waals surface area (Å²) in [4.78, 5) is 0.704. The van der Waals surface area contributed by atoms with Crippen molar-refractivity contribution in [1.82, 2.24) is 4.72 Å². The van der Waals surface area contributed by atoms with Crippen molar-refractivity contribution < 1.29 is 13.5 Å². The van der Waals surface area contributed by atoms with Crippen molar-refractivity contribution in [3.63, 3.8) is 0 Å². The summed E-state index contributed by atoms with van der Waals surface area (Å²) >= 11 is 1.27. The van der Waals surface area contributed by atoms with Gasteiger partial charge in [0.05, 0.1) is 11.5 Å². The molecule has 2 N–H and O–H groups in total. The van der Waals surface area contributed by atoms with Gasteiger partial charge in [-0.2, -0.15) is 0 Å². The van der Waals surface area contributed by atoms with Crippen molar-refractivity contribution in [2.45, 2.75) is 31.8 Å². The molecule has 21 heavy (non-hydrogen) atoms. The lowest BCUT2D eigenvalue weighted by Crippen LogP contribution is -2.27. The van der Waals surface area contributed by atoms with Gasteiger partial charge < -0.3 is 5.11 Å². The molecule has 2 aromatic rings. The van der Waals surface area contributed by atoms with Crippen LogP contribution in [0.25, 0.3) is 0 Å². The molecule has 0 bridgehead atoms.